The number of pyridine rings is 1. The fourth-order valence-electron chi connectivity index (χ4n) is 2.29. The topological polar surface area (TPSA) is 67.6 Å². The maximum atomic E-state index is 5.70. The van der Waals surface area contributed by atoms with E-state index in [4.69, 9.17) is 5.73 Å². The average molecular weight is 264 g/mol. The van der Waals surface area contributed by atoms with Gasteiger partial charge in [-0.05, 0) is 36.2 Å². The van der Waals surface area contributed by atoms with Crippen molar-refractivity contribution in [1.82, 2.24) is 15.2 Å². The van der Waals surface area contributed by atoms with E-state index in [2.05, 4.69) is 27.3 Å². The molecule has 20 heavy (non-hydrogen) atoms. The highest BCUT2D eigenvalue weighted by Gasteiger charge is 2.11. The molecule has 0 bridgehead atoms. The maximum absolute atomic E-state index is 5.70. The van der Waals surface area contributed by atoms with Crippen LogP contribution in [0.1, 0.15) is 11.3 Å². The molecule has 0 amide bonds. The Labute approximate surface area is 117 Å². The molecule has 0 fully saturated rings. The van der Waals surface area contributed by atoms with Crippen LogP contribution in [0.5, 0.6) is 0 Å². The summed E-state index contributed by atoms with van der Waals surface area (Å²) in [6, 6.07) is 12.2. The van der Waals surface area contributed by atoms with Crippen molar-refractivity contribution in [3.8, 4) is 22.4 Å². The van der Waals surface area contributed by atoms with Gasteiger partial charge in [-0.3, -0.25) is 10.1 Å². The molecule has 0 spiro atoms. The molecule has 0 unspecified atom stereocenters. The molecule has 2 heterocycles. The molecule has 0 aliphatic carbocycles. The van der Waals surface area contributed by atoms with E-state index in [1.165, 1.54) is 0 Å². The van der Waals surface area contributed by atoms with E-state index in [0.29, 0.717) is 6.54 Å². The van der Waals surface area contributed by atoms with E-state index < -0.39 is 0 Å². The minimum absolute atomic E-state index is 0.530. The number of H-pyrrole nitrogens is 1. The molecule has 0 saturated carbocycles. The summed E-state index contributed by atoms with van der Waals surface area (Å²) in [7, 11) is 0. The first-order valence-electron chi connectivity index (χ1n) is 6.54. The first-order chi connectivity index (χ1) is 9.78. The number of nitrogens with zero attached hydrogens (tertiary/aromatic N) is 2. The number of aryl methyl sites for hydroxylation is 1. The fourth-order valence-corrected chi connectivity index (χ4v) is 2.29. The fraction of sp³-hybridized carbons (Fsp3) is 0.125. The summed E-state index contributed by atoms with van der Waals surface area (Å²) in [5.41, 5.74) is 12.0. The van der Waals surface area contributed by atoms with Gasteiger partial charge in [0, 0.05) is 35.8 Å². The lowest BCUT2D eigenvalue weighted by Crippen LogP contribution is -1.96. The first kappa shape index (κ1) is 12.6. The second-order valence-electron chi connectivity index (χ2n) is 4.74. The van der Waals surface area contributed by atoms with Crippen molar-refractivity contribution in [1.29, 1.82) is 0 Å². The van der Waals surface area contributed by atoms with E-state index in [1.54, 1.807) is 0 Å². The largest absolute Gasteiger partial charge is 0.326 e. The molecule has 0 radical (unpaired) electrons. The molecule has 0 saturated heterocycles. The predicted molar refractivity (Wildman–Crippen MR) is 79.9 cm³/mol. The van der Waals surface area contributed by atoms with E-state index >= 15 is 0 Å². The summed E-state index contributed by atoms with van der Waals surface area (Å²) in [5.74, 6) is 0. The quantitative estimate of drug-likeness (QED) is 0.764. The predicted octanol–water partition coefficient (Wildman–Crippen LogP) is 2.91. The van der Waals surface area contributed by atoms with Gasteiger partial charge in [-0.1, -0.05) is 18.2 Å². The van der Waals surface area contributed by atoms with Gasteiger partial charge < -0.3 is 5.73 Å². The van der Waals surface area contributed by atoms with Gasteiger partial charge >= 0.3 is 0 Å². The third-order valence-electron chi connectivity index (χ3n) is 3.28. The van der Waals surface area contributed by atoms with Gasteiger partial charge in [0.25, 0.3) is 0 Å². The van der Waals surface area contributed by atoms with E-state index in [-0.39, 0.29) is 0 Å². The van der Waals surface area contributed by atoms with Crippen molar-refractivity contribution in [2.75, 3.05) is 0 Å². The van der Waals surface area contributed by atoms with Crippen molar-refractivity contribution in [3.63, 3.8) is 0 Å². The molecule has 1 aromatic carbocycles. The molecule has 0 atom stereocenters. The highest BCUT2D eigenvalue weighted by atomic mass is 15.1. The summed E-state index contributed by atoms with van der Waals surface area (Å²) in [6.07, 6.45) is 3.73. The van der Waals surface area contributed by atoms with Crippen LogP contribution in [-0.2, 0) is 6.54 Å². The van der Waals surface area contributed by atoms with Crippen molar-refractivity contribution in [2.45, 2.75) is 13.5 Å². The van der Waals surface area contributed by atoms with Crippen molar-refractivity contribution < 1.29 is 0 Å². The lowest BCUT2D eigenvalue weighted by Gasteiger charge is -2.05. The Morgan fingerprint density at radius 1 is 1.15 bits per heavy atom. The number of hydrogen-bond acceptors (Lipinski definition) is 3. The summed E-state index contributed by atoms with van der Waals surface area (Å²) in [4.78, 5) is 4.23. The van der Waals surface area contributed by atoms with E-state index in [1.807, 2.05) is 43.6 Å². The van der Waals surface area contributed by atoms with Gasteiger partial charge in [0.2, 0.25) is 0 Å². The number of benzene rings is 1. The summed E-state index contributed by atoms with van der Waals surface area (Å²) < 4.78 is 0. The normalized spacial score (nSPS) is 10.7. The number of aromatic nitrogens is 3. The number of aromatic amines is 1. The molecule has 100 valence electrons. The molecule has 4 nitrogen and oxygen atoms in total. The van der Waals surface area contributed by atoms with Gasteiger partial charge in [0.15, 0.2) is 0 Å². The molecule has 4 heteroatoms. The lowest BCUT2D eigenvalue weighted by molar-refractivity contribution is 1.07. The number of nitrogens with two attached hydrogens (primary N) is 1. The standard InChI is InChI=1S/C16H16N4/c1-11-7-13(5-6-18-11)15-10-19-20-16(15)14-4-2-3-12(8-14)9-17/h2-8,10H,9,17H2,1H3,(H,19,20). The smallest absolute Gasteiger partial charge is 0.0999 e. The van der Waals surface area contributed by atoms with Crippen LogP contribution in [0, 0.1) is 6.92 Å². The third kappa shape index (κ3) is 2.33. The van der Waals surface area contributed by atoms with Crippen molar-refractivity contribution >= 4 is 0 Å². The summed E-state index contributed by atoms with van der Waals surface area (Å²) in [5, 5.41) is 7.33. The Balaban J connectivity index is 2.10. The van der Waals surface area contributed by atoms with Gasteiger partial charge in [-0.25, -0.2) is 0 Å². The second-order valence-corrected chi connectivity index (χ2v) is 4.74. The molecule has 2 aromatic heterocycles. The minimum atomic E-state index is 0.530. The zero-order valence-electron chi connectivity index (χ0n) is 11.3. The molecule has 3 aromatic rings. The molecular formula is C16H16N4. The Hall–Kier alpha value is -2.46. The van der Waals surface area contributed by atoms with Crippen LogP contribution in [0.2, 0.25) is 0 Å². The Morgan fingerprint density at radius 3 is 2.85 bits per heavy atom. The van der Waals surface area contributed by atoms with Crippen molar-refractivity contribution in [2.24, 2.45) is 5.73 Å². The van der Waals surface area contributed by atoms with Gasteiger partial charge in [-0.15, -0.1) is 0 Å². The van der Waals surface area contributed by atoms with Crippen LogP contribution < -0.4 is 5.73 Å². The zero-order valence-corrected chi connectivity index (χ0v) is 11.3. The highest BCUT2D eigenvalue weighted by Crippen LogP contribution is 2.30. The maximum Gasteiger partial charge on any atom is 0.0999 e. The van der Waals surface area contributed by atoms with Crippen LogP contribution in [0.25, 0.3) is 22.4 Å². The molecule has 0 aliphatic heterocycles. The number of rotatable bonds is 3. The molecule has 3 rings (SSSR count). The SMILES string of the molecule is Cc1cc(-c2c[nH]nc2-c2cccc(CN)c2)ccn1. The van der Waals surface area contributed by atoms with E-state index in [9.17, 15) is 0 Å². The average Bonchev–Trinajstić information content (AvgIpc) is 2.97. The van der Waals surface area contributed by atoms with Crippen LogP contribution in [0.3, 0.4) is 0 Å². The first-order valence-corrected chi connectivity index (χ1v) is 6.54. The zero-order chi connectivity index (χ0) is 13.9. The number of nitrogens with one attached hydrogen (secondary N) is 1. The lowest BCUT2D eigenvalue weighted by atomic mass is 10.0. The molecular weight excluding hydrogens is 248 g/mol. The van der Waals surface area contributed by atoms with Gasteiger partial charge in [-0.2, -0.15) is 5.10 Å². The third-order valence-corrected chi connectivity index (χ3v) is 3.28. The van der Waals surface area contributed by atoms with Crippen LogP contribution in [-0.4, -0.2) is 15.2 Å². The molecule has 3 N–H and O–H groups in total. The minimum Gasteiger partial charge on any atom is -0.326 e. The Morgan fingerprint density at radius 2 is 2.05 bits per heavy atom. The Bertz CT molecular complexity index is 731. The highest BCUT2D eigenvalue weighted by molar-refractivity contribution is 5.80. The Kier molecular flexibility index (Phi) is 3.31. The summed E-state index contributed by atoms with van der Waals surface area (Å²) >= 11 is 0. The van der Waals surface area contributed by atoms with Gasteiger partial charge in [0.05, 0.1) is 5.69 Å². The number of hydrogen-bond donors (Lipinski definition) is 2. The van der Waals surface area contributed by atoms with Crippen LogP contribution >= 0.6 is 0 Å². The van der Waals surface area contributed by atoms with E-state index in [0.717, 1.165) is 33.6 Å². The van der Waals surface area contributed by atoms with Crippen LogP contribution in [0.15, 0.2) is 48.8 Å². The van der Waals surface area contributed by atoms with Crippen LogP contribution in [0.4, 0.5) is 0 Å². The summed E-state index contributed by atoms with van der Waals surface area (Å²) in [6.45, 7) is 2.51. The second kappa shape index (κ2) is 5.27. The molecule has 0 aliphatic rings. The van der Waals surface area contributed by atoms with Gasteiger partial charge in [0.1, 0.15) is 0 Å². The monoisotopic (exact) mass is 264 g/mol. The van der Waals surface area contributed by atoms with Crippen molar-refractivity contribution in [3.05, 3.63) is 60.0 Å².